The maximum absolute atomic E-state index is 3.51. The maximum Gasteiger partial charge on any atom is 0.0117 e. The van der Waals surface area contributed by atoms with Crippen molar-refractivity contribution < 1.29 is 0 Å². The molecular weight excluding hydrogens is 242 g/mol. The van der Waals surface area contributed by atoms with E-state index in [0.29, 0.717) is 6.04 Å². The molecule has 3 rings (SSSR count). The van der Waals surface area contributed by atoms with E-state index in [1.54, 1.807) is 0 Å². The van der Waals surface area contributed by atoms with Crippen LogP contribution in [0.5, 0.6) is 0 Å². The minimum absolute atomic E-state index is 0.682. The van der Waals surface area contributed by atoms with Crippen LogP contribution in [-0.2, 0) is 0 Å². The van der Waals surface area contributed by atoms with Crippen LogP contribution < -0.4 is 5.32 Å². The molecular formula is C19H23N. The summed E-state index contributed by atoms with van der Waals surface area (Å²) < 4.78 is 0. The highest BCUT2D eigenvalue weighted by atomic mass is 15.0. The van der Waals surface area contributed by atoms with Gasteiger partial charge in [-0.1, -0.05) is 54.1 Å². The summed E-state index contributed by atoms with van der Waals surface area (Å²) in [4.78, 5) is 0. The van der Waals surface area contributed by atoms with Crippen LogP contribution in [0.25, 0.3) is 5.57 Å². The van der Waals surface area contributed by atoms with Crippen LogP contribution in [0, 0.1) is 0 Å². The smallest absolute Gasteiger partial charge is 0.0117 e. The molecule has 1 N–H and O–H groups in total. The van der Waals surface area contributed by atoms with Gasteiger partial charge in [0.1, 0.15) is 0 Å². The second-order valence-electron chi connectivity index (χ2n) is 5.80. The van der Waals surface area contributed by atoms with Crippen molar-refractivity contribution in [3.05, 3.63) is 65.3 Å². The molecule has 1 heteroatoms. The SMILES string of the molecule is C/C(CC1CCN1)=C(\C1=CCCC=C1)c1ccccc1. The molecule has 1 aliphatic carbocycles. The molecule has 1 fully saturated rings. The van der Waals surface area contributed by atoms with E-state index in [0.717, 1.165) is 12.8 Å². The third-order valence-electron chi connectivity index (χ3n) is 4.25. The molecule has 20 heavy (non-hydrogen) atoms. The molecule has 104 valence electrons. The molecule has 1 aromatic rings. The van der Waals surface area contributed by atoms with Gasteiger partial charge in [-0.2, -0.15) is 0 Å². The van der Waals surface area contributed by atoms with E-state index >= 15 is 0 Å². The van der Waals surface area contributed by atoms with E-state index in [9.17, 15) is 0 Å². The molecule has 1 nitrogen and oxygen atoms in total. The van der Waals surface area contributed by atoms with E-state index < -0.39 is 0 Å². The summed E-state index contributed by atoms with van der Waals surface area (Å²) >= 11 is 0. The molecule has 0 saturated carbocycles. The fourth-order valence-electron chi connectivity index (χ4n) is 3.06. The number of benzene rings is 1. The largest absolute Gasteiger partial charge is 0.314 e. The number of nitrogens with one attached hydrogen (secondary N) is 1. The summed E-state index contributed by atoms with van der Waals surface area (Å²) in [5.41, 5.74) is 5.70. The van der Waals surface area contributed by atoms with Crippen molar-refractivity contribution >= 4 is 5.57 Å². The van der Waals surface area contributed by atoms with E-state index in [2.05, 4.69) is 60.8 Å². The molecule has 0 radical (unpaired) electrons. The molecule has 1 aromatic carbocycles. The fraction of sp³-hybridized carbons (Fsp3) is 0.368. The lowest BCUT2D eigenvalue weighted by atomic mass is 9.87. The zero-order chi connectivity index (χ0) is 13.8. The molecule has 1 aliphatic heterocycles. The Labute approximate surface area is 122 Å². The molecule has 0 aromatic heterocycles. The van der Waals surface area contributed by atoms with Crippen molar-refractivity contribution in [3.8, 4) is 0 Å². The van der Waals surface area contributed by atoms with Gasteiger partial charge in [-0.05, 0) is 55.9 Å². The van der Waals surface area contributed by atoms with E-state index in [1.807, 2.05) is 0 Å². The second-order valence-corrected chi connectivity index (χ2v) is 5.80. The van der Waals surface area contributed by atoms with Crippen LogP contribution in [0.15, 0.2) is 59.7 Å². The summed E-state index contributed by atoms with van der Waals surface area (Å²) in [5, 5.41) is 3.51. The monoisotopic (exact) mass is 265 g/mol. The predicted octanol–water partition coefficient (Wildman–Crippen LogP) is 4.49. The maximum atomic E-state index is 3.51. The number of rotatable bonds is 4. The van der Waals surface area contributed by atoms with Crippen LogP contribution in [0.4, 0.5) is 0 Å². The first-order chi connectivity index (χ1) is 9.84. The topological polar surface area (TPSA) is 12.0 Å². The third-order valence-corrected chi connectivity index (χ3v) is 4.25. The minimum atomic E-state index is 0.682. The Hall–Kier alpha value is -1.60. The number of allylic oxidation sites excluding steroid dienone is 5. The van der Waals surface area contributed by atoms with Gasteiger partial charge >= 0.3 is 0 Å². The Balaban J connectivity index is 1.96. The Morgan fingerprint density at radius 2 is 2.00 bits per heavy atom. The number of hydrogen-bond donors (Lipinski definition) is 1. The first kappa shape index (κ1) is 13.4. The average Bonchev–Trinajstić information content (AvgIpc) is 2.46. The Kier molecular flexibility index (Phi) is 4.17. The molecule has 0 bridgehead atoms. The molecule has 2 aliphatic rings. The van der Waals surface area contributed by atoms with Gasteiger partial charge in [0.25, 0.3) is 0 Å². The van der Waals surface area contributed by atoms with Crippen molar-refractivity contribution in [3.63, 3.8) is 0 Å². The normalized spacial score (nSPS) is 22.9. The summed E-state index contributed by atoms with van der Waals surface area (Å²) in [6.07, 6.45) is 11.8. The van der Waals surface area contributed by atoms with Gasteiger partial charge in [-0.3, -0.25) is 0 Å². The summed E-state index contributed by atoms with van der Waals surface area (Å²) in [6.45, 7) is 3.48. The average molecular weight is 265 g/mol. The summed E-state index contributed by atoms with van der Waals surface area (Å²) in [6, 6.07) is 11.5. The van der Waals surface area contributed by atoms with Gasteiger partial charge in [0.2, 0.25) is 0 Å². The first-order valence-electron chi connectivity index (χ1n) is 7.70. The van der Waals surface area contributed by atoms with Crippen LogP contribution in [0.1, 0.15) is 38.2 Å². The van der Waals surface area contributed by atoms with Gasteiger partial charge in [0, 0.05) is 6.04 Å². The van der Waals surface area contributed by atoms with Crippen LogP contribution >= 0.6 is 0 Å². The van der Waals surface area contributed by atoms with E-state index in [-0.39, 0.29) is 0 Å². The van der Waals surface area contributed by atoms with Gasteiger partial charge in [-0.15, -0.1) is 0 Å². The molecule has 1 saturated heterocycles. The van der Waals surface area contributed by atoms with Crippen molar-refractivity contribution in [2.45, 2.75) is 38.6 Å². The van der Waals surface area contributed by atoms with Crippen molar-refractivity contribution in [1.29, 1.82) is 0 Å². The molecule has 1 heterocycles. The zero-order valence-electron chi connectivity index (χ0n) is 12.2. The van der Waals surface area contributed by atoms with E-state index in [1.165, 1.54) is 41.7 Å². The molecule has 1 unspecified atom stereocenters. The Morgan fingerprint density at radius 3 is 2.60 bits per heavy atom. The van der Waals surface area contributed by atoms with Crippen LogP contribution in [0.3, 0.4) is 0 Å². The Morgan fingerprint density at radius 1 is 1.20 bits per heavy atom. The summed E-state index contributed by atoms with van der Waals surface area (Å²) in [7, 11) is 0. The zero-order valence-corrected chi connectivity index (χ0v) is 12.2. The van der Waals surface area contributed by atoms with Gasteiger partial charge in [-0.25, -0.2) is 0 Å². The number of hydrogen-bond acceptors (Lipinski definition) is 1. The van der Waals surface area contributed by atoms with Crippen molar-refractivity contribution in [1.82, 2.24) is 5.32 Å². The first-order valence-corrected chi connectivity index (χ1v) is 7.70. The van der Waals surface area contributed by atoms with Gasteiger partial charge in [0.15, 0.2) is 0 Å². The highest BCUT2D eigenvalue weighted by Gasteiger charge is 2.19. The second kappa shape index (κ2) is 6.23. The lowest BCUT2D eigenvalue weighted by Gasteiger charge is -2.29. The van der Waals surface area contributed by atoms with E-state index in [4.69, 9.17) is 0 Å². The molecule has 1 atom stereocenters. The van der Waals surface area contributed by atoms with Gasteiger partial charge in [0.05, 0.1) is 0 Å². The predicted molar refractivity (Wildman–Crippen MR) is 86.5 cm³/mol. The lowest BCUT2D eigenvalue weighted by molar-refractivity contribution is 0.369. The highest BCUT2D eigenvalue weighted by molar-refractivity contribution is 5.84. The fourth-order valence-corrected chi connectivity index (χ4v) is 3.06. The highest BCUT2D eigenvalue weighted by Crippen LogP contribution is 2.32. The van der Waals surface area contributed by atoms with Crippen molar-refractivity contribution in [2.75, 3.05) is 6.54 Å². The van der Waals surface area contributed by atoms with Crippen LogP contribution in [0.2, 0.25) is 0 Å². The molecule has 0 spiro atoms. The van der Waals surface area contributed by atoms with Gasteiger partial charge < -0.3 is 5.32 Å². The molecule has 0 amide bonds. The third kappa shape index (κ3) is 2.94. The summed E-state index contributed by atoms with van der Waals surface area (Å²) in [5.74, 6) is 0. The van der Waals surface area contributed by atoms with Crippen LogP contribution in [-0.4, -0.2) is 12.6 Å². The Bertz CT molecular complexity index is 544. The quantitative estimate of drug-likeness (QED) is 0.846. The standard InChI is InChI=1S/C19H23N/c1-15(14-18-12-13-20-18)19(16-8-4-2-5-9-16)17-10-6-3-7-11-17/h2,4-6,8-11,18,20H,3,7,12-14H2,1H3/b19-15+. The lowest BCUT2D eigenvalue weighted by Crippen LogP contribution is -2.42. The minimum Gasteiger partial charge on any atom is -0.314 e. The van der Waals surface area contributed by atoms with Crippen molar-refractivity contribution in [2.24, 2.45) is 0 Å².